The van der Waals surface area contributed by atoms with Gasteiger partial charge in [-0.25, -0.2) is 9.98 Å². The fourth-order valence-corrected chi connectivity index (χ4v) is 6.91. The molecule has 0 amide bonds. The molecule has 0 saturated heterocycles. The lowest BCUT2D eigenvalue weighted by Crippen LogP contribution is -2.16. The number of nitrogens with zero attached hydrogens (tertiary/aromatic N) is 4. The molecule has 46 heavy (non-hydrogen) atoms. The molecule has 0 aliphatic carbocycles. The number of fused-ring (bicyclic) bond motifs is 4. The Morgan fingerprint density at radius 3 is 2.15 bits per heavy atom. The van der Waals surface area contributed by atoms with Crippen LogP contribution in [0.1, 0.15) is 16.7 Å². The van der Waals surface area contributed by atoms with Crippen LogP contribution >= 0.6 is 11.3 Å². The Bertz CT molecular complexity index is 2370. The molecule has 220 valence electrons. The fourth-order valence-electron chi connectivity index (χ4n) is 5.95. The summed E-state index contributed by atoms with van der Waals surface area (Å²) in [4.78, 5) is 14.9. The standard InChI is InChI=1S/C40H29N5S/c41-38(27-13-3-1-4-14-27)44-39(28-15-5-2-6-16-28)42-26-30-17-7-10-20-34(30)45-35-21-11-8-18-31(35)32-24-23-29(25-36(32)45)40-43-33-19-9-12-22-37(33)46-40/h1-25H,26H2,(H2,41,42,44). The van der Waals surface area contributed by atoms with Gasteiger partial charge in [0, 0.05) is 27.5 Å². The first-order chi connectivity index (χ1) is 22.7. The Morgan fingerprint density at radius 1 is 0.652 bits per heavy atom. The zero-order valence-electron chi connectivity index (χ0n) is 24.9. The van der Waals surface area contributed by atoms with Crippen molar-refractivity contribution < 1.29 is 0 Å². The van der Waals surface area contributed by atoms with E-state index in [9.17, 15) is 0 Å². The van der Waals surface area contributed by atoms with Crippen LogP contribution in [0.25, 0.3) is 48.3 Å². The van der Waals surface area contributed by atoms with Gasteiger partial charge in [-0.3, -0.25) is 4.99 Å². The molecule has 2 aromatic heterocycles. The number of benzene rings is 6. The van der Waals surface area contributed by atoms with E-state index in [4.69, 9.17) is 20.7 Å². The van der Waals surface area contributed by atoms with E-state index in [-0.39, 0.29) is 0 Å². The van der Waals surface area contributed by atoms with Crippen LogP contribution in [0.2, 0.25) is 0 Å². The molecule has 0 bridgehead atoms. The number of aliphatic imine (C=N–C) groups is 2. The second kappa shape index (κ2) is 11.9. The summed E-state index contributed by atoms with van der Waals surface area (Å²) >= 11 is 1.72. The Morgan fingerprint density at radius 2 is 1.33 bits per heavy atom. The number of amidine groups is 2. The molecule has 6 heteroatoms. The average molecular weight is 612 g/mol. The molecule has 0 aliphatic heterocycles. The van der Waals surface area contributed by atoms with E-state index >= 15 is 0 Å². The number of para-hydroxylation sites is 3. The van der Waals surface area contributed by atoms with Crippen molar-refractivity contribution >= 4 is 55.0 Å². The maximum absolute atomic E-state index is 6.48. The third-order valence-corrected chi connectivity index (χ3v) is 9.26. The zero-order valence-corrected chi connectivity index (χ0v) is 25.7. The van der Waals surface area contributed by atoms with Crippen LogP contribution in [-0.4, -0.2) is 21.2 Å². The molecule has 0 atom stereocenters. The van der Waals surface area contributed by atoms with E-state index < -0.39 is 0 Å². The quantitative estimate of drug-likeness (QED) is 0.150. The second-order valence-corrected chi connectivity index (χ2v) is 12.1. The van der Waals surface area contributed by atoms with Crippen LogP contribution in [0.15, 0.2) is 162 Å². The summed E-state index contributed by atoms with van der Waals surface area (Å²) in [6, 6.07) is 51.9. The molecule has 6 aromatic carbocycles. The van der Waals surface area contributed by atoms with Gasteiger partial charge in [0.15, 0.2) is 5.84 Å². The van der Waals surface area contributed by atoms with E-state index in [2.05, 4.69) is 89.5 Å². The third kappa shape index (κ3) is 5.15. The summed E-state index contributed by atoms with van der Waals surface area (Å²) in [7, 11) is 0. The van der Waals surface area contributed by atoms with Crippen LogP contribution in [0.3, 0.4) is 0 Å². The van der Waals surface area contributed by atoms with Gasteiger partial charge >= 0.3 is 0 Å². The maximum Gasteiger partial charge on any atom is 0.157 e. The van der Waals surface area contributed by atoms with Gasteiger partial charge in [0.2, 0.25) is 0 Å². The van der Waals surface area contributed by atoms with Crippen molar-refractivity contribution in [1.82, 2.24) is 9.55 Å². The first-order valence-electron chi connectivity index (χ1n) is 15.2. The van der Waals surface area contributed by atoms with Crippen LogP contribution in [0, 0.1) is 0 Å². The summed E-state index contributed by atoms with van der Waals surface area (Å²) in [6.45, 7) is 0.428. The van der Waals surface area contributed by atoms with Crippen LogP contribution in [-0.2, 0) is 6.54 Å². The molecule has 2 heterocycles. The second-order valence-electron chi connectivity index (χ2n) is 11.1. The summed E-state index contributed by atoms with van der Waals surface area (Å²) in [5.74, 6) is 1.03. The topological polar surface area (TPSA) is 68.6 Å². The Hall–Kier alpha value is -5.85. The lowest BCUT2D eigenvalue weighted by atomic mass is 10.1. The van der Waals surface area contributed by atoms with Crippen molar-refractivity contribution in [1.29, 1.82) is 0 Å². The molecular weight excluding hydrogens is 583 g/mol. The van der Waals surface area contributed by atoms with E-state index in [0.29, 0.717) is 18.2 Å². The van der Waals surface area contributed by atoms with Gasteiger partial charge < -0.3 is 10.3 Å². The van der Waals surface area contributed by atoms with Gasteiger partial charge in [0.25, 0.3) is 0 Å². The first kappa shape index (κ1) is 27.7. The number of hydrogen-bond acceptors (Lipinski definition) is 3. The predicted molar refractivity (Wildman–Crippen MR) is 193 cm³/mol. The van der Waals surface area contributed by atoms with E-state index in [1.54, 1.807) is 11.3 Å². The van der Waals surface area contributed by atoms with Crippen LogP contribution in [0.4, 0.5) is 0 Å². The largest absolute Gasteiger partial charge is 0.383 e. The Balaban J connectivity index is 1.27. The SMILES string of the molecule is NC(=NC(=NCc1ccccc1-n1c2ccccc2c2ccc(-c3nc4ccccc4s3)cc21)c1ccccc1)c1ccccc1. The molecule has 8 aromatic rings. The van der Waals surface area contributed by atoms with Crippen molar-refractivity contribution in [3.05, 3.63) is 168 Å². The molecule has 0 spiro atoms. The van der Waals surface area contributed by atoms with Crippen molar-refractivity contribution in [2.24, 2.45) is 15.7 Å². The highest BCUT2D eigenvalue weighted by molar-refractivity contribution is 7.21. The van der Waals surface area contributed by atoms with Crippen LogP contribution < -0.4 is 5.73 Å². The molecule has 0 fully saturated rings. The first-order valence-corrected chi connectivity index (χ1v) is 16.0. The Labute approximate surface area is 270 Å². The minimum Gasteiger partial charge on any atom is -0.383 e. The minimum absolute atomic E-state index is 0.428. The molecule has 2 N–H and O–H groups in total. The van der Waals surface area contributed by atoms with Crippen molar-refractivity contribution in [3.8, 4) is 16.3 Å². The maximum atomic E-state index is 6.48. The van der Waals surface area contributed by atoms with Crippen molar-refractivity contribution in [2.75, 3.05) is 0 Å². The lowest BCUT2D eigenvalue weighted by molar-refractivity contribution is 1.02. The molecule has 0 saturated carbocycles. The van der Waals surface area contributed by atoms with Crippen LogP contribution in [0.5, 0.6) is 0 Å². The van der Waals surface area contributed by atoms with E-state index in [1.807, 2.05) is 66.7 Å². The summed E-state index contributed by atoms with van der Waals surface area (Å²) < 4.78 is 3.54. The highest BCUT2D eigenvalue weighted by atomic mass is 32.1. The number of hydrogen-bond donors (Lipinski definition) is 1. The average Bonchev–Trinajstić information content (AvgIpc) is 3.70. The van der Waals surface area contributed by atoms with Crippen molar-refractivity contribution in [3.63, 3.8) is 0 Å². The van der Waals surface area contributed by atoms with E-state index in [0.717, 1.165) is 49.5 Å². The highest BCUT2D eigenvalue weighted by Crippen LogP contribution is 2.37. The Kier molecular flexibility index (Phi) is 7.17. The fraction of sp³-hybridized carbons (Fsp3) is 0.0250. The molecule has 0 radical (unpaired) electrons. The predicted octanol–water partition coefficient (Wildman–Crippen LogP) is 9.41. The smallest absolute Gasteiger partial charge is 0.157 e. The normalized spacial score (nSPS) is 12.3. The number of nitrogens with two attached hydrogens (primary N) is 1. The lowest BCUT2D eigenvalue weighted by Gasteiger charge is -2.13. The van der Waals surface area contributed by atoms with Crippen molar-refractivity contribution in [2.45, 2.75) is 6.54 Å². The van der Waals surface area contributed by atoms with Gasteiger partial charge in [-0.2, -0.15) is 0 Å². The summed E-state index contributed by atoms with van der Waals surface area (Å²) in [5, 5.41) is 3.42. The van der Waals surface area contributed by atoms with Gasteiger partial charge in [-0.1, -0.05) is 121 Å². The van der Waals surface area contributed by atoms with Gasteiger partial charge in [0.1, 0.15) is 10.8 Å². The minimum atomic E-state index is 0.428. The third-order valence-electron chi connectivity index (χ3n) is 8.17. The van der Waals surface area contributed by atoms with Gasteiger partial charge in [-0.05, 0) is 35.9 Å². The molecule has 8 rings (SSSR count). The van der Waals surface area contributed by atoms with E-state index in [1.165, 1.54) is 15.5 Å². The molecular formula is C40H29N5S. The number of thiazole rings is 1. The molecule has 0 aliphatic rings. The molecule has 5 nitrogen and oxygen atoms in total. The van der Waals surface area contributed by atoms with Gasteiger partial charge in [-0.15, -0.1) is 11.3 Å². The summed E-state index contributed by atoms with van der Waals surface area (Å²) in [5.41, 5.74) is 14.8. The number of aromatic nitrogens is 2. The molecule has 0 unspecified atom stereocenters. The monoisotopic (exact) mass is 611 g/mol. The summed E-state index contributed by atoms with van der Waals surface area (Å²) in [6.07, 6.45) is 0. The number of rotatable bonds is 6. The highest BCUT2D eigenvalue weighted by Gasteiger charge is 2.17. The zero-order chi connectivity index (χ0) is 30.9. The van der Waals surface area contributed by atoms with Gasteiger partial charge in [0.05, 0.1) is 33.5 Å².